The van der Waals surface area contributed by atoms with E-state index in [4.69, 9.17) is 4.74 Å². The SMILES string of the molecule is CCOc1ccc(C=NNC(=O)c2ccc(Br)s2)cc1. The number of ether oxygens (including phenoxy) is 1. The summed E-state index contributed by atoms with van der Waals surface area (Å²) in [6.07, 6.45) is 1.59. The van der Waals surface area contributed by atoms with Crippen LogP contribution in [0.1, 0.15) is 22.2 Å². The first-order valence-corrected chi connectivity index (χ1v) is 7.61. The van der Waals surface area contributed by atoms with Gasteiger partial charge in [0.05, 0.1) is 21.5 Å². The van der Waals surface area contributed by atoms with E-state index in [-0.39, 0.29) is 5.91 Å². The summed E-state index contributed by atoms with van der Waals surface area (Å²) < 4.78 is 6.26. The van der Waals surface area contributed by atoms with Crippen LogP contribution >= 0.6 is 27.3 Å². The van der Waals surface area contributed by atoms with Gasteiger partial charge in [-0.15, -0.1) is 11.3 Å². The lowest BCUT2D eigenvalue weighted by Crippen LogP contribution is -2.16. The van der Waals surface area contributed by atoms with E-state index in [1.54, 1.807) is 12.3 Å². The summed E-state index contributed by atoms with van der Waals surface area (Å²) in [5.74, 6) is 0.597. The molecule has 2 aromatic rings. The molecule has 0 bridgehead atoms. The minimum atomic E-state index is -0.220. The number of rotatable bonds is 5. The Kier molecular flexibility index (Phi) is 5.31. The number of carbonyl (C=O) groups is 1. The Labute approximate surface area is 129 Å². The van der Waals surface area contributed by atoms with Crippen molar-refractivity contribution < 1.29 is 9.53 Å². The Hall–Kier alpha value is -1.66. The Morgan fingerprint density at radius 2 is 2.10 bits per heavy atom. The molecule has 0 unspecified atom stereocenters. The number of carbonyl (C=O) groups excluding carboxylic acids is 1. The molecular formula is C14H13BrN2O2S. The molecule has 1 heterocycles. The largest absolute Gasteiger partial charge is 0.494 e. The molecule has 6 heteroatoms. The summed E-state index contributed by atoms with van der Waals surface area (Å²) in [5.41, 5.74) is 3.38. The van der Waals surface area contributed by atoms with Gasteiger partial charge in [0.25, 0.3) is 5.91 Å². The fourth-order valence-corrected chi connectivity index (χ4v) is 2.75. The minimum absolute atomic E-state index is 0.220. The van der Waals surface area contributed by atoms with Crippen molar-refractivity contribution in [1.82, 2.24) is 5.43 Å². The molecule has 2 rings (SSSR count). The number of nitrogens with zero attached hydrogens (tertiary/aromatic N) is 1. The van der Waals surface area contributed by atoms with E-state index in [0.717, 1.165) is 15.1 Å². The molecule has 0 spiro atoms. The third-order valence-corrected chi connectivity index (χ3v) is 3.99. The van der Waals surface area contributed by atoms with Crippen molar-refractivity contribution in [2.24, 2.45) is 5.10 Å². The molecule has 4 nitrogen and oxygen atoms in total. The van der Waals surface area contributed by atoms with Crippen LogP contribution in [0, 0.1) is 0 Å². The van der Waals surface area contributed by atoms with Crippen LogP contribution in [-0.2, 0) is 0 Å². The second-order valence-corrected chi connectivity index (χ2v) is 6.27. The van der Waals surface area contributed by atoms with E-state index in [1.165, 1.54) is 11.3 Å². The maximum absolute atomic E-state index is 11.7. The molecule has 1 aromatic heterocycles. The van der Waals surface area contributed by atoms with Gasteiger partial charge in [0.2, 0.25) is 0 Å². The average Bonchev–Trinajstić information content (AvgIpc) is 2.88. The van der Waals surface area contributed by atoms with Gasteiger partial charge in [-0.2, -0.15) is 5.10 Å². The molecule has 0 fully saturated rings. The maximum Gasteiger partial charge on any atom is 0.281 e. The zero-order valence-electron chi connectivity index (χ0n) is 10.8. The van der Waals surface area contributed by atoms with Crippen LogP contribution in [0.25, 0.3) is 0 Å². The van der Waals surface area contributed by atoms with E-state index < -0.39 is 0 Å². The summed E-state index contributed by atoms with van der Waals surface area (Å²) in [5, 5.41) is 3.93. The number of hydrogen-bond acceptors (Lipinski definition) is 4. The third kappa shape index (κ3) is 4.18. The van der Waals surface area contributed by atoms with Crippen LogP contribution < -0.4 is 10.2 Å². The first-order chi connectivity index (χ1) is 9.69. The topological polar surface area (TPSA) is 50.7 Å². The standard InChI is InChI=1S/C14H13BrN2O2S/c1-2-19-11-5-3-10(4-6-11)9-16-17-14(18)12-7-8-13(15)20-12/h3-9H,2H2,1H3,(H,17,18). The number of amides is 1. The van der Waals surface area contributed by atoms with Crippen molar-refractivity contribution in [3.8, 4) is 5.75 Å². The van der Waals surface area contributed by atoms with Crippen LogP contribution in [0.4, 0.5) is 0 Å². The molecular weight excluding hydrogens is 340 g/mol. The zero-order valence-corrected chi connectivity index (χ0v) is 13.2. The first kappa shape index (κ1) is 14.7. The minimum Gasteiger partial charge on any atom is -0.494 e. The highest BCUT2D eigenvalue weighted by atomic mass is 79.9. The molecule has 0 aliphatic carbocycles. The maximum atomic E-state index is 11.7. The van der Waals surface area contributed by atoms with E-state index >= 15 is 0 Å². The molecule has 104 valence electrons. The van der Waals surface area contributed by atoms with Gasteiger partial charge >= 0.3 is 0 Å². The van der Waals surface area contributed by atoms with Crippen LogP contribution in [0.3, 0.4) is 0 Å². The molecule has 0 saturated heterocycles. The van der Waals surface area contributed by atoms with Gasteiger partial charge in [-0.1, -0.05) is 0 Å². The van der Waals surface area contributed by atoms with Crippen molar-refractivity contribution in [3.63, 3.8) is 0 Å². The van der Waals surface area contributed by atoms with Crippen molar-refractivity contribution >= 4 is 39.4 Å². The molecule has 0 radical (unpaired) electrons. The van der Waals surface area contributed by atoms with Crippen LogP contribution in [0.2, 0.25) is 0 Å². The molecule has 0 saturated carbocycles. The third-order valence-electron chi connectivity index (χ3n) is 2.37. The van der Waals surface area contributed by atoms with Crippen molar-refractivity contribution in [2.75, 3.05) is 6.61 Å². The molecule has 1 aromatic carbocycles. The van der Waals surface area contributed by atoms with Gasteiger partial charge in [-0.25, -0.2) is 5.43 Å². The second kappa shape index (κ2) is 7.21. The summed E-state index contributed by atoms with van der Waals surface area (Å²) in [6, 6.07) is 11.1. The molecule has 0 atom stereocenters. The number of halogens is 1. The lowest BCUT2D eigenvalue weighted by molar-refractivity contribution is 0.0959. The van der Waals surface area contributed by atoms with Crippen molar-refractivity contribution in [1.29, 1.82) is 0 Å². The number of hydrazone groups is 1. The number of hydrogen-bond donors (Lipinski definition) is 1. The van der Waals surface area contributed by atoms with Gasteiger partial charge in [0.1, 0.15) is 5.75 Å². The Bertz CT molecular complexity index is 608. The molecule has 1 N–H and O–H groups in total. The van der Waals surface area contributed by atoms with E-state index in [0.29, 0.717) is 11.5 Å². The lowest BCUT2D eigenvalue weighted by Gasteiger charge is -2.02. The predicted octanol–water partition coefficient (Wildman–Crippen LogP) is 3.67. The number of benzene rings is 1. The Morgan fingerprint density at radius 1 is 1.35 bits per heavy atom. The van der Waals surface area contributed by atoms with E-state index in [9.17, 15) is 4.79 Å². The fourth-order valence-electron chi connectivity index (χ4n) is 1.47. The molecule has 0 aliphatic rings. The first-order valence-electron chi connectivity index (χ1n) is 6.00. The highest BCUT2D eigenvalue weighted by Gasteiger charge is 2.06. The predicted molar refractivity (Wildman–Crippen MR) is 84.7 cm³/mol. The van der Waals surface area contributed by atoms with Gasteiger partial charge in [0, 0.05) is 0 Å². The lowest BCUT2D eigenvalue weighted by atomic mass is 10.2. The van der Waals surface area contributed by atoms with Crippen molar-refractivity contribution in [2.45, 2.75) is 6.92 Å². The summed E-state index contributed by atoms with van der Waals surface area (Å²) in [6.45, 7) is 2.58. The number of nitrogens with one attached hydrogen (secondary N) is 1. The van der Waals surface area contributed by atoms with E-state index in [2.05, 4.69) is 26.5 Å². The van der Waals surface area contributed by atoms with Gasteiger partial charge < -0.3 is 4.74 Å². The van der Waals surface area contributed by atoms with Crippen LogP contribution in [0.5, 0.6) is 5.75 Å². The normalized spacial score (nSPS) is 10.7. The highest BCUT2D eigenvalue weighted by molar-refractivity contribution is 9.11. The summed E-state index contributed by atoms with van der Waals surface area (Å²) in [7, 11) is 0. The van der Waals surface area contributed by atoms with Crippen LogP contribution in [-0.4, -0.2) is 18.7 Å². The summed E-state index contributed by atoms with van der Waals surface area (Å²) in [4.78, 5) is 12.3. The fraction of sp³-hybridized carbons (Fsp3) is 0.143. The number of thiophene rings is 1. The average molecular weight is 353 g/mol. The summed E-state index contributed by atoms with van der Waals surface area (Å²) >= 11 is 4.68. The monoisotopic (exact) mass is 352 g/mol. The second-order valence-electron chi connectivity index (χ2n) is 3.80. The van der Waals surface area contributed by atoms with Crippen molar-refractivity contribution in [3.05, 3.63) is 50.6 Å². The Morgan fingerprint density at radius 3 is 2.70 bits per heavy atom. The molecule has 20 heavy (non-hydrogen) atoms. The molecule has 0 aliphatic heterocycles. The van der Waals surface area contributed by atoms with Gasteiger partial charge in [0.15, 0.2) is 0 Å². The van der Waals surface area contributed by atoms with Gasteiger partial charge in [-0.3, -0.25) is 4.79 Å². The smallest absolute Gasteiger partial charge is 0.281 e. The zero-order chi connectivity index (χ0) is 14.4. The molecule has 1 amide bonds. The Balaban J connectivity index is 1.91. The van der Waals surface area contributed by atoms with E-state index in [1.807, 2.05) is 37.3 Å². The quantitative estimate of drug-likeness (QED) is 0.659. The van der Waals surface area contributed by atoms with Crippen LogP contribution in [0.15, 0.2) is 45.3 Å². The highest BCUT2D eigenvalue weighted by Crippen LogP contribution is 2.21. The van der Waals surface area contributed by atoms with Gasteiger partial charge in [-0.05, 0) is 64.8 Å².